The molecule has 0 saturated heterocycles. The standard InChI is InChI=1S/C18H15BrClN3O2S/c1-11(12-4-3-7-15(20)9-12)21-16(24)10-26-18-23-22-17(25-18)13-5-2-6-14(19)8-13/h2-9,11H,10H2,1H3,(H,21,24). The Hall–Kier alpha value is -1.83. The third-order valence-corrected chi connectivity index (χ3v) is 5.08. The number of aromatic nitrogens is 2. The second kappa shape index (κ2) is 8.70. The molecule has 1 heterocycles. The molecule has 0 aliphatic heterocycles. The summed E-state index contributed by atoms with van der Waals surface area (Å²) in [5, 5.41) is 11.9. The first-order valence-corrected chi connectivity index (χ1v) is 9.94. The molecule has 0 aliphatic carbocycles. The van der Waals surface area contributed by atoms with Crippen molar-refractivity contribution in [1.29, 1.82) is 0 Å². The number of thioether (sulfide) groups is 1. The maximum atomic E-state index is 12.1. The average molecular weight is 453 g/mol. The highest BCUT2D eigenvalue weighted by atomic mass is 79.9. The molecule has 1 unspecified atom stereocenters. The lowest BCUT2D eigenvalue weighted by atomic mass is 10.1. The molecule has 0 saturated carbocycles. The largest absolute Gasteiger partial charge is 0.411 e. The van der Waals surface area contributed by atoms with Crippen molar-refractivity contribution in [3.05, 3.63) is 63.6 Å². The van der Waals surface area contributed by atoms with Crippen LogP contribution in [0.4, 0.5) is 0 Å². The zero-order valence-electron chi connectivity index (χ0n) is 13.8. The summed E-state index contributed by atoms with van der Waals surface area (Å²) in [5.41, 5.74) is 1.77. The molecule has 1 atom stereocenters. The van der Waals surface area contributed by atoms with Gasteiger partial charge in [-0.2, -0.15) is 0 Å². The number of amides is 1. The number of hydrogen-bond donors (Lipinski definition) is 1. The average Bonchev–Trinajstić information content (AvgIpc) is 3.09. The van der Waals surface area contributed by atoms with Crippen LogP contribution in [0, 0.1) is 0 Å². The van der Waals surface area contributed by atoms with Gasteiger partial charge in [0.05, 0.1) is 11.8 Å². The molecule has 3 aromatic rings. The van der Waals surface area contributed by atoms with Gasteiger partial charge in [0.25, 0.3) is 5.22 Å². The van der Waals surface area contributed by atoms with Crippen molar-refractivity contribution in [2.24, 2.45) is 0 Å². The maximum Gasteiger partial charge on any atom is 0.277 e. The molecule has 2 aromatic carbocycles. The third kappa shape index (κ3) is 5.09. The normalized spacial score (nSPS) is 12.0. The van der Waals surface area contributed by atoms with E-state index in [1.807, 2.05) is 49.4 Å². The van der Waals surface area contributed by atoms with Crippen LogP contribution in [0.2, 0.25) is 5.02 Å². The van der Waals surface area contributed by atoms with Gasteiger partial charge in [-0.15, -0.1) is 10.2 Å². The van der Waals surface area contributed by atoms with Crippen molar-refractivity contribution >= 4 is 45.2 Å². The van der Waals surface area contributed by atoms with Crippen LogP contribution in [0.5, 0.6) is 0 Å². The molecule has 26 heavy (non-hydrogen) atoms. The van der Waals surface area contributed by atoms with Crippen LogP contribution >= 0.6 is 39.3 Å². The van der Waals surface area contributed by atoms with Crippen LogP contribution in [0.3, 0.4) is 0 Å². The number of nitrogens with zero attached hydrogens (tertiary/aromatic N) is 2. The van der Waals surface area contributed by atoms with Crippen molar-refractivity contribution in [3.8, 4) is 11.5 Å². The molecule has 134 valence electrons. The van der Waals surface area contributed by atoms with Gasteiger partial charge in [-0.05, 0) is 42.8 Å². The highest BCUT2D eigenvalue weighted by Gasteiger charge is 2.14. The van der Waals surface area contributed by atoms with Gasteiger partial charge in [0.1, 0.15) is 0 Å². The van der Waals surface area contributed by atoms with Gasteiger partial charge in [0.15, 0.2) is 0 Å². The van der Waals surface area contributed by atoms with E-state index in [4.69, 9.17) is 16.0 Å². The van der Waals surface area contributed by atoms with E-state index in [2.05, 4.69) is 31.4 Å². The molecule has 5 nitrogen and oxygen atoms in total. The van der Waals surface area contributed by atoms with E-state index < -0.39 is 0 Å². The highest BCUT2D eigenvalue weighted by Crippen LogP contribution is 2.25. The van der Waals surface area contributed by atoms with E-state index in [9.17, 15) is 4.79 Å². The van der Waals surface area contributed by atoms with Gasteiger partial charge in [-0.25, -0.2) is 0 Å². The Labute approximate surface area is 168 Å². The Morgan fingerprint density at radius 1 is 1.27 bits per heavy atom. The van der Waals surface area contributed by atoms with Crippen molar-refractivity contribution in [3.63, 3.8) is 0 Å². The first-order valence-electron chi connectivity index (χ1n) is 7.78. The highest BCUT2D eigenvalue weighted by molar-refractivity contribution is 9.10. The number of rotatable bonds is 6. The minimum Gasteiger partial charge on any atom is -0.411 e. The Balaban J connectivity index is 1.55. The monoisotopic (exact) mass is 451 g/mol. The van der Waals surface area contributed by atoms with E-state index >= 15 is 0 Å². The molecular weight excluding hydrogens is 438 g/mol. The van der Waals surface area contributed by atoms with E-state index in [-0.39, 0.29) is 17.7 Å². The topological polar surface area (TPSA) is 68.0 Å². The lowest BCUT2D eigenvalue weighted by molar-refractivity contribution is -0.119. The molecular formula is C18H15BrClN3O2S. The number of hydrogen-bond acceptors (Lipinski definition) is 5. The molecule has 0 bridgehead atoms. The van der Waals surface area contributed by atoms with Crippen LogP contribution in [0.1, 0.15) is 18.5 Å². The van der Waals surface area contributed by atoms with Gasteiger partial charge in [-0.3, -0.25) is 4.79 Å². The predicted molar refractivity (Wildman–Crippen MR) is 106 cm³/mol. The molecule has 1 N–H and O–H groups in total. The summed E-state index contributed by atoms with van der Waals surface area (Å²) in [6, 6.07) is 14.9. The second-order valence-electron chi connectivity index (χ2n) is 5.52. The molecule has 0 radical (unpaired) electrons. The number of halogens is 2. The molecule has 0 spiro atoms. The molecule has 1 amide bonds. The van der Waals surface area contributed by atoms with Gasteiger partial charge in [0.2, 0.25) is 11.8 Å². The van der Waals surface area contributed by atoms with E-state index in [1.165, 1.54) is 11.8 Å². The van der Waals surface area contributed by atoms with Crippen molar-refractivity contribution < 1.29 is 9.21 Å². The summed E-state index contributed by atoms with van der Waals surface area (Å²) in [7, 11) is 0. The Morgan fingerprint density at radius 3 is 2.85 bits per heavy atom. The minimum atomic E-state index is -0.137. The quantitative estimate of drug-likeness (QED) is 0.526. The van der Waals surface area contributed by atoms with Crippen LogP contribution < -0.4 is 5.32 Å². The fourth-order valence-corrected chi connectivity index (χ4v) is 3.45. The number of carbonyl (C=O) groups is 1. The smallest absolute Gasteiger partial charge is 0.277 e. The van der Waals surface area contributed by atoms with Crippen LogP contribution in [-0.2, 0) is 4.79 Å². The zero-order valence-corrected chi connectivity index (χ0v) is 16.9. The summed E-state index contributed by atoms with van der Waals surface area (Å²) >= 11 is 10.6. The third-order valence-electron chi connectivity index (χ3n) is 3.53. The molecule has 0 fully saturated rings. The predicted octanol–water partition coefficient (Wildman–Crippen LogP) is 5.12. The van der Waals surface area contributed by atoms with Crippen LogP contribution in [-0.4, -0.2) is 21.9 Å². The summed E-state index contributed by atoms with van der Waals surface area (Å²) in [5.74, 6) is 0.483. The van der Waals surface area contributed by atoms with E-state index in [0.717, 1.165) is 15.6 Å². The summed E-state index contributed by atoms with van der Waals surface area (Å²) in [6.07, 6.45) is 0. The van der Waals surface area contributed by atoms with Crippen molar-refractivity contribution in [1.82, 2.24) is 15.5 Å². The van der Waals surface area contributed by atoms with Crippen molar-refractivity contribution in [2.45, 2.75) is 18.2 Å². The molecule has 0 aliphatic rings. The molecule has 1 aromatic heterocycles. The van der Waals surface area contributed by atoms with Crippen LogP contribution in [0.15, 0.2) is 62.6 Å². The van der Waals surface area contributed by atoms with Gasteiger partial charge in [-0.1, -0.05) is 57.5 Å². The SMILES string of the molecule is CC(NC(=O)CSc1nnc(-c2cccc(Br)c2)o1)c1cccc(Cl)c1. The Bertz CT molecular complexity index is 919. The number of nitrogens with one attached hydrogen (secondary N) is 1. The Morgan fingerprint density at radius 2 is 2.08 bits per heavy atom. The lowest BCUT2D eigenvalue weighted by Gasteiger charge is -2.14. The number of benzene rings is 2. The van der Waals surface area contributed by atoms with Gasteiger partial charge in [0, 0.05) is 15.1 Å². The van der Waals surface area contributed by atoms with E-state index in [0.29, 0.717) is 16.1 Å². The fraction of sp³-hybridized carbons (Fsp3) is 0.167. The second-order valence-corrected chi connectivity index (χ2v) is 7.80. The zero-order chi connectivity index (χ0) is 18.5. The molecule has 8 heteroatoms. The first kappa shape index (κ1) is 18.9. The maximum absolute atomic E-state index is 12.1. The Kier molecular flexibility index (Phi) is 6.34. The lowest BCUT2D eigenvalue weighted by Crippen LogP contribution is -2.28. The number of carbonyl (C=O) groups excluding carboxylic acids is 1. The van der Waals surface area contributed by atoms with Gasteiger partial charge < -0.3 is 9.73 Å². The fourth-order valence-electron chi connectivity index (χ4n) is 2.28. The van der Waals surface area contributed by atoms with Gasteiger partial charge >= 0.3 is 0 Å². The minimum absolute atomic E-state index is 0.121. The summed E-state index contributed by atoms with van der Waals surface area (Å²) in [6.45, 7) is 1.91. The summed E-state index contributed by atoms with van der Waals surface area (Å²) < 4.78 is 6.53. The summed E-state index contributed by atoms with van der Waals surface area (Å²) in [4.78, 5) is 12.1. The first-order chi connectivity index (χ1) is 12.5. The molecule has 3 rings (SSSR count). The van der Waals surface area contributed by atoms with Crippen molar-refractivity contribution in [2.75, 3.05) is 5.75 Å². The van der Waals surface area contributed by atoms with E-state index in [1.54, 1.807) is 6.07 Å². The van der Waals surface area contributed by atoms with Crippen LogP contribution in [0.25, 0.3) is 11.5 Å².